The minimum atomic E-state index is 0.309. The second-order valence-electron chi connectivity index (χ2n) is 5.07. The van der Waals surface area contributed by atoms with Crippen LogP contribution in [0.1, 0.15) is 12.0 Å². The van der Waals surface area contributed by atoms with E-state index < -0.39 is 0 Å². The molecule has 3 rings (SSSR count). The molecule has 2 heterocycles. The predicted octanol–water partition coefficient (Wildman–Crippen LogP) is 3.69. The van der Waals surface area contributed by atoms with Gasteiger partial charge in [0, 0.05) is 29.5 Å². The molecule has 1 unspecified atom stereocenters. The van der Waals surface area contributed by atoms with Crippen LogP contribution in [-0.2, 0) is 11.2 Å². The third-order valence-corrected chi connectivity index (χ3v) is 5.65. The minimum absolute atomic E-state index is 0.309. The number of carbonyl (C=O) groups excluding carboxylic acids is 1. The zero-order valence-electron chi connectivity index (χ0n) is 10.6. The smallest absolute Gasteiger partial charge is 0.222 e. The predicted molar refractivity (Wildman–Crippen MR) is 84.0 cm³/mol. The lowest BCUT2D eigenvalue weighted by Gasteiger charge is -2.15. The molecule has 1 aliphatic rings. The van der Waals surface area contributed by atoms with Crippen molar-refractivity contribution in [3.8, 4) is 0 Å². The van der Waals surface area contributed by atoms with E-state index in [0.29, 0.717) is 18.2 Å². The van der Waals surface area contributed by atoms with Gasteiger partial charge in [0.2, 0.25) is 5.91 Å². The molecule has 1 aromatic heterocycles. The van der Waals surface area contributed by atoms with Crippen molar-refractivity contribution in [1.82, 2.24) is 4.90 Å². The first-order valence-corrected chi connectivity index (χ1v) is 8.57. The summed E-state index contributed by atoms with van der Waals surface area (Å²) >= 11 is 5.27. The zero-order chi connectivity index (χ0) is 13.2. The number of nitrogens with zero attached hydrogens (tertiary/aromatic N) is 1. The average Bonchev–Trinajstić information content (AvgIpc) is 3.00. The third kappa shape index (κ3) is 2.70. The molecular formula is C15H16BrNOS. The van der Waals surface area contributed by atoms with Crippen LogP contribution in [0.4, 0.5) is 0 Å². The number of fused-ring (bicyclic) bond motifs is 1. The fourth-order valence-electron chi connectivity index (χ4n) is 2.66. The topological polar surface area (TPSA) is 20.3 Å². The summed E-state index contributed by atoms with van der Waals surface area (Å²) in [6.07, 6.45) is 1.67. The maximum atomic E-state index is 11.9. The Balaban J connectivity index is 1.68. The van der Waals surface area contributed by atoms with Crippen LogP contribution < -0.4 is 0 Å². The van der Waals surface area contributed by atoms with Crippen LogP contribution in [0, 0.1) is 5.92 Å². The van der Waals surface area contributed by atoms with E-state index in [1.54, 1.807) is 11.3 Å². The standard InChI is InChI=1S/C15H16BrNOS/c16-8-11-7-15(18)17(9-11)6-5-12-10-19-14-4-2-1-3-13(12)14/h1-4,10-11H,5-9H2. The molecule has 2 nitrogen and oxygen atoms in total. The molecule has 0 spiro atoms. The first kappa shape index (κ1) is 13.1. The van der Waals surface area contributed by atoms with Crippen LogP contribution in [0.25, 0.3) is 10.1 Å². The normalized spacial score (nSPS) is 19.5. The SMILES string of the molecule is O=C1CC(CBr)CN1CCc1csc2ccccc12. The molecule has 1 aliphatic heterocycles. The summed E-state index contributed by atoms with van der Waals surface area (Å²) in [4.78, 5) is 13.9. The Bertz CT molecular complexity index is 595. The number of likely N-dealkylation sites (tertiary alicyclic amines) is 1. The summed E-state index contributed by atoms with van der Waals surface area (Å²) in [5.74, 6) is 0.802. The fourth-order valence-corrected chi connectivity index (χ4v) is 4.09. The summed E-state index contributed by atoms with van der Waals surface area (Å²) in [5, 5.41) is 4.50. The Hall–Kier alpha value is -0.870. The van der Waals surface area contributed by atoms with E-state index in [0.717, 1.165) is 24.8 Å². The molecule has 100 valence electrons. The molecule has 0 aliphatic carbocycles. The monoisotopic (exact) mass is 337 g/mol. The molecular weight excluding hydrogens is 322 g/mol. The van der Waals surface area contributed by atoms with Gasteiger partial charge >= 0.3 is 0 Å². The number of hydrogen-bond acceptors (Lipinski definition) is 2. The van der Waals surface area contributed by atoms with Crippen molar-refractivity contribution in [2.75, 3.05) is 18.4 Å². The first-order chi connectivity index (χ1) is 9.28. The highest BCUT2D eigenvalue weighted by atomic mass is 79.9. The molecule has 0 radical (unpaired) electrons. The van der Waals surface area contributed by atoms with Gasteiger partial charge in [0.15, 0.2) is 0 Å². The summed E-state index contributed by atoms with van der Waals surface area (Å²) < 4.78 is 1.34. The molecule has 2 aromatic rings. The van der Waals surface area contributed by atoms with Crippen molar-refractivity contribution >= 4 is 43.3 Å². The Morgan fingerprint density at radius 1 is 1.37 bits per heavy atom. The highest BCUT2D eigenvalue weighted by molar-refractivity contribution is 9.09. The van der Waals surface area contributed by atoms with E-state index in [1.165, 1.54) is 15.6 Å². The summed E-state index contributed by atoms with van der Waals surface area (Å²) in [5.41, 5.74) is 1.37. The largest absolute Gasteiger partial charge is 0.342 e. The average molecular weight is 338 g/mol. The van der Waals surface area contributed by atoms with Crippen molar-refractivity contribution in [1.29, 1.82) is 0 Å². The van der Waals surface area contributed by atoms with E-state index in [9.17, 15) is 4.79 Å². The number of halogens is 1. The second kappa shape index (κ2) is 5.63. The quantitative estimate of drug-likeness (QED) is 0.779. The van der Waals surface area contributed by atoms with Gasteiger partial charge in [-0.2, -0.15) is 0 Å². The Labute approximate surface area is 125 Å². The number of alkyl halides is 1. The van der Waals surface area contributed by atoms with Gasteiger partial charge in [0.1, 0.15) is 0 Å². The van der Waals surface area contributed by atoms with E-state index in [1.807, 2.05) is 4.90 Å². The minimum Gasteiger partial charge on any atom is -0.342 e. The molecule has 1 fully saturated rings. The van der Waals surface area contributed by atoms with E-state index in [4.69, 9.17) is 0 Å². The lowest BCUT2D eigenvalue weighted by atomic mass is 10.1. The number of amides is 1. The number of thiophene rings is 1. The van der Waals surface area contributed by atoms with Crippen LogP contribution in [0.15, 0.2) is 29.6 Å². The molecule has 1 saturated heterocycles. The van der Waals surface area contributed by atoms with Gasteiger partial charge in [0.05, 0.1) is 0 Å². The second-order valence-corrected chi connectivity index (χ2v) is 6.63. The van der Waals surface area contributed by atoms with Crippen molar-refractivity contribution < 1.29 is 4.79 Å². The number of carbonyl (C=O) groups is 1. The number of rotatable bonds is 4. The molecule has 4 heteroatoms. The molecule has 1 aromatic carbocycles. The molecule has 1 amide bonds. The van der Waals surface area contributed by atoms with Crippen LogP contribution in [0.5, 0.6) is 0 Å². The summed E-state index contributed by atoms with van der Waals surface area (Å²) in [6, 6.07) is 8.49. The summed E-state index contributed by atoms with van der Waals surface area (Å²) in [6.45, 7) is 1.76. The first-order valence-electron chi connectivity index (χ1n) is 6.57. The van der Waals surface area contributed by atoms with Crippen molar-refractivity contribution in [2.45, 2.75) is 12.8 Å². The van der Waals surface area contributed by atoms with E-state index in [-0.39, 0.29) is 0 Å². The highest BCUT2D eigenvalue weighted by Crippen LogP contribution is 2.27. The van der Waals surface area contributed by atoms with Crippen molar-refractivity contribution in [3.63, 3.8) is 0 Å². The van der Waals surface area contributed by atoms with Gasteiger partial charge in [-0.1, -0.05) is 34.1 Å². The van der Waals surface area contributed by atoms with Gasteiger partial charge in [0.25, 0.3) is 0 Å². The highest BCUT2D eigenvalue weighted by Gasteiger charge is 2.28. The van der Waals surface area contributed by atoms with Crippen molar-refractivity contribution in [2.24, 2.45) is 5.92 Å². The van der Waals surface area contributed by atoms with Gasteiger partial charge in [-0.25, -0.2) is 0 Å². The van der Waals surface area contributed by atoms with Crippen LogP contribution >= 0.6 is 27.3 Å². The molecule has 0 bridgehead atoms. The Morgan fingerprint density at radius 3 is 3.00 bits per heavy atom. The van der Waals surface area contributed by atoms with Gasteiger partial charge in [-0.15, -0.1) is 11.3 Å². The van der Waals surface area contributed by atoms with Gasteiger partial charge < -0.3 is 4.90 Å². The Morgan fingerprint density at radius 2 is 2.21 bits per heavy atom. The lowest BCUT2D eigenvalue weighted by Crippen LogP contribution is -2.27. The lowest BCUT2D eigenvalue weighted by molar-refractivity contribution is -0.127. The van der Waals surface area contributed by atoms with Gasteiger partial charge in [-0.3, -0.25) is 4.79 Å². The van der Waals surface area contributed by atoms with Crippen LogP contribution in [-0.4, -0.2) is 29.2 Å². The van der Waals surface area contributed by atoms with Crippen LogP contribution in [0.3, 0.4) is 0 Å². The molecule has 0 saturated carbocycles. The van der Waals surface area contributed by atoms with E-state index >= 15 is 0 Å². The zero-order valence-corrected chi connectivity index (χ0v) is 13.0. The number of hydrogen-bond donors (Lipinski definition) is 0. The maximum Gasteiger partial charge on any atom is 0.222 e. The van der Waals surface area contributed by atoms with E-state index in [2.05, 4.69) is 45.6 Å². The van der Waals surface area contributed by atoms with Gasteiger partial charge in [-0.05, 0) is 34.7 Å². The van der Waals surface area contributed by atoms with Crippen LogP contribution in [0.2, 0.25) is 0 Å². The number of benzene rings is 1. The molecule has 1 atom stereocenters. The molecule has 0 N–H and O–H groups in total. The maximum absolute atomic E-state index is 11.9. The molecule has 19 heavy (non-hydrogen) atoms. The third-order valence-electron chi connectivity index (χ3n) is 3.73. The Kier molecular flexibility index (Phi) is 3.89. The summed E-state index contributed by atoms with van der Waals surface area (Å²) in [7, 11) is 0. The van der Waals surface area contributed by atoms with Crippen molar-refractivity contribution in [3.05, 3.63) is 35.2 Å². The fraction of sp³-hybridized carbons (Fsp3) is 0.400.